The van der Waals surface area contributed by atoms with Crippen LogP contribution >= 0.6 is 12.6 Å². The van der Waals surface area contributed by atoms with Crippen LogP contribution in [-0.4, -0.2) is 18.2 Å². The molecule has 0 radical (unpaired) electrons. The molecule has 0 saturated carbocycles. The number of carbonyl (C=O) groups excluding carboxylic acids is 2. The van der Waals surface area contributed by atoms with Crippen molar-refractivity contribution in [3.8, 4) is 0 Å². The van der Waals surface area contributed by atoms with Gasteiger partial charge in [0.1, 0.15) is 0 Å². The highest BCUT2D eigenvalue weighted by molar-refractivity contribution is 7.96. The molecule has 58 valence electrons. The van der Waals surface area contributed by atoms with E-state index in [1.165, 1.54) is 7.11 Å². The fraction of sp³-hybridized carbons (Fsp3) is 0.667. The van der Waals surface area contributed by atoms with Crippen molar-refractivity contribution in [1.82, 2.24) is 0 Å². The summed E-state index contributed by atoms with van der Waals surface area (Å²) in [7, 11) is 1.32. The summed E-state index contributed by atoms with van der Waals surface area (Å²) < 4.78 is 4.36. The molecular weight excluding hydrogens is 152 g/mol. The van der Waals surface area contributed by atoms with Gasteiger partial charge >= 0.3 is 5.97 Å². The van der Waals surface area contributed by atoms with Crippen LogP contribution in [0.4, 0.5) is 0 Å². The van der Waals surface area contributed by atoms with E-state index in [-0.39, 0.29) is 11.1 Å². The molecule has 0 aromatic heterocycles. The lowest BCUT2D eigenvalue weighted by Crippen LogP contribution is -2.00. The van der Waals surface area contributed by atoms with E-state index in [0.29, 0.717) is 19.3 Å². The van der Waals surface area contributed by atoms with Gasteiger partial charge in [-0.25, -0.2) is 0 Å². The van der Waals surface area contributed by atoms with E-state index >= 15 is 0 Å². The van der Waals surface area contributed by atoms with Crippen molar-refractivity contribution in [2.24, 2.45) is 0 Å². The molecule has 0 aliphatic carbocycles. The molecule has 0 atom stereocenters. The number of hydrogen-bond donors (Lipinski definition) is 1. The van der Waals surface area contributed by atoms with Gasteiger partial charge in [0.2, 0.25) is 0 Å². The predicted molar refractivity (Wildman–Crippen MR) is 39.9 cm³/mol. The summed E-state index contributed by atoms with van der Waals surface area (Å²) >= 11 is 3.54. The number of ether oxygens (including phenoxy) is 1. The first-order valence-corrected chi connectivity index (χ1v) is 3.40. The first-order chi connectivity index (χ1) is 4.66. The summed E-state index contributed by atoms with van der Waals surface area (Å²) in [4.78, 5) is 20.7. The Hall–Kier alpha value is -0.510. The van der Waals surface area contributed by atoms with Crippen molar-refractivity contribution < 1.29 is 14.3 Å². The maximum atomic E-state index is 10.4. The minimum Gasteiger partial charge on any atom is -0.469 e. The molecule has 4 heteroatoms. The van der Waals surface area contributed by atoms with Gasteiger partial charge in [0.05, 0.1) is 7.11 Å². The van der Waals surface area contributed by atoms with E-state index in [4.69, 9.17) is 0 Å². The Balaban J connectivity index is 3.20. The SMILES string of the molecule is COC(=O)CCCC(=O)S. The Bertz CT molecular complexity index is 133. The summed E-state index contributed by atoms with van der Waals surface area (Å²) in [5.74, 6) is -0.283. The molecule has 0 amide bonds. The average Bonchev–Trinajstić information content (AvgIpc) is 1.87. The van der Waals surface area contributed by atoms with Crippen molar-refractivity contribution >= 4 is 23.7 Å². The van der Waals surface area contributed by atoms with Crippen LogP contribution in [0.3, 0.4) is 0 Å². The molecule has 0 fully saturated rings. The van der Waals surface area contributed by atoms with Gasteiger partial charge in [0, 0.05) is 12.8 Å². The van der Waals surface area contributed by atoms with Crippen molar-refractivity contribution in [2.75, 3.05) is 7.11 Å². The zero-order valence-corrected chi connectivity index (χ0v) is 6.69. The number of rotatable bonds is 4. The van der Waals surface area contributed by atoms with Crippen LogP contribution < -0.4 is 0 Å². The zero-order chi connectivity index (χ0) is 7.98. The van der Waals surface area contributed by atoms with Crippen LogP contribution in [0, 0.1) is 0 Å². The van der Waals surface area contributed by atoms with Gasteiger partial charge in [0.15, 0.2) is 5.12 Å². The fourth-order valence-corrected chi connectivity index (χ4v) is 0.644. The molecule has 0 N–H and O–H groups in total. The number of hydrogen-bond acceptors (Lipinski definition) is 3. The smallest absolute Gasteiger partial charge is 0.305 e. The van der Waals surface area contributed by atoms with Crippen LogP contribution in [0.25, 0.3) is 0 Å². The summed E-state index contributed by atoms with van der Waals surface area (Å²) in [5.41, 5.74) is 0. The van der Waals surface area contributed by atoms with E-state index in [1.807, 2.05) is 0 Å². The van der Waals surface area contributed by atoms with Crippen molar-refractivity contribution in [1.29, 1.82) is 0 Å². The number of thiol groups is 1. The topological polar surface area (TPSA) is 43.4 Å². The Morgan fingerprint density at radius 1 is 1.40 bits per heavy atom. The molecule has 0 bridgehead atoms. The molecule has 0 heterocycles. The Morgan fingerprint density at radius 3 is 2.40 bits per heavy atom. The van der Waals surface area contributed by atoms with Gasteiger partial charge in [-0.2, -0.15) is 0 Å². The van der Waals surface area contributed by atoms with Crippen molar-refractivity contribution in [3.63, 3.8) is 0 Å². The molecular formula is C6H10O3S. The summed E-state index contributed by atoms with van der Waals surface area (Å²) in [6.07, 6.45) is 1.15. The number of esters is 1. The minimum atomic E-state index is -0.283. The van der Waals surface area contributed by atoms with Crippen LogP contribution in [0.2, 0.25) is 0 Å². The van der Waals surface area contributed by atoms with Crippen LogP contribution in [-0.2, 0) is 14.3 Å². The van der Waals surface area contributed by atoms with Gasteiger partial charge in [-0.3, -0.25) is 9.59 Å². The van der Waals surface area contributed by atoms with Gasteiger partial charge in [-0.15, -0.1) is 12.6 Å². The lowest BCUT2D eigenvalue weighted by molar-refractivity contribution is -0.140. The van der Waals surface area contributed by atoms with Crippen LogP contribution in [0.5, 0.6) is 0 Å². The van der Waals surface area contributed by atoms with Gasteiger partial charge in [0.25, 0.3) is 0 Å². The zero-order valence-electron chi connectivity index (χ0n) is 5.79. The third-order valence-electron chi connectivity index (χ3n) is 0.999. The largest absolute Gasteiger partial charge is 0.469 e. The quantitative estimate of drug-likeness (QED) is 0.491. The van der Waals surface area contributed by atoms with Gasteiger partial charge in [-0.05, 0) is 6.42 Å². The molecule has 0 unspecified atom stereocenters. The van der Waals surface area contributed by atoms with Gasteiger partial charge in [-0.1, -0.05) is 0 Å². The fourth-order valence-electron chi connectivity index (χ4n) is 0.486. The molecule has 0 spiro atoms. The van der Waals surface area contributed by atoms with Crippen LogP contribution in [0.1, 0.15) is 19.3 Å². The molecule has 3 nitrogen and oxygen atoms in total. The van der Waals surface area contributed by atoms with E-state index in [1.54, 1.807) is 0 Å². The summed E-state index contributed by atoms with van der Waals surface area (Å²) in [6, 6.07) is 0. The Labute approximate surface area is 65.2 Å². The molecule has 0 aromatic carbocycles. The third kappa shape index (κ3) is 5.62. The highest BCUT2D eigenvalue weighted by Gasteiger charge is 2.00. The maximum absolute atomic E-state index is 10.4. The second-order valence-electron chi connectivity index (χ2n) is 1.82. The second-order valence-corrected chi connectivity index (χ2v) is 2.32. The van der Waals surface area contributed by atoms with E-state index in [9.17, 15) is 9.59 Å². The maximum Gasteiger partial charge on any atom is 0.305 e. The van der Waals surface area contributed by atoms with Crippen LogP contribution in [0.15, 0.2) is 0 Å². The number of methoxy groups -OCH3 is 1. The average molecular weight is 162 g/mol. The Morgan fingerprint density at radius 2 is 2.00 bits per heavy atom. The van der Waals surface area contributed by atoms with Gasteiger partial charge < -0.3 is 4.74 Å². The first-order valence-electron chi connectivity index (χ1n) is 2.95. The molecule has 0 saturated heterocycles. The third-order valence-corrected chi connectivity index (χ3v) is 1.22. The molecule has 0 aliphatic heterocycles. The standard InChI is InChI=1S/C6H10O3S/c1-9-5(7)3-2-4-6(8)10/h2-4H2,1H3,(H,8,10). The second kappa shape index (κ2) is 5.29. The number of carbonyl (C=O) groups is 2. The highest BCUT2D eigenvalue weighted by Crippen LogP contribution is 1.99. The molecule has 0 aromatic rings. The first kappa shape index (κ1) is 9.49. The lowest BCUT2D eigenvalue weighted by Gasteiger charge is -1.95. The van der Waals surface area contributed by atoms with E-state index in [2.05, 4.69) is 17.4 Å². The summed E-state index contributed by atoms with van der Waals surface area (Å²) in [5, 5.41) is -0.191. The molecule has 10 heavy (non-hydrogen) atoms. The highest BCUT2D eigenvalue weighted by atomic mass is 32.1. The van der Waals surface area contributed by atoms with E-state index in [0.717, 1.165) is 0 Å². The van der Waals surface area contributed by atoms with Crippen molar-refractivity contribution in [2.45, 2.75) is 19.3 Å². The summed E-state index contributed by atoms with van der Waals surface area (Å²) in [6.45, 7) is 0. The molecule has 0 aliphatic rings. The molecule has 0 rings (SSSR count). The lowest BCUT2D eigenvalue weighted by atomic mass is 10.2. The predicted octanol–water partition coefficient (Wildman–Crippen LogP) is 0.786. The Kier molecular flexibility index (Phi) is 5.02. The minimum absolute atomic E-state index is 0.191. The normalized spacial score (nSPS) is 9.00. The van der Waals surface area contributed by atoms with E-state index < -0.39 is 0 Å². The monoisotopic (exact) mass is 162 g/mol. The van der Waals surface area contributed by atoms with Crippen molar-refractivity contribution in [3.05, 3.63) is 0 Å².